The average molecular weight is 718 g/mol. The van der Waals surface area contributed by atoms with Crippen molar-refractivity contribution in [1.82, 2.24) is 19.1 Å². The van der Waals surface area contributed by atoms with Crippen LogP contribution in [0.1, 0.15) is 28.2 Å². The Balaban J connectivity index is 1.66. The number of aromatic amines is 2. The van der Waals surface area contributed by atoms with Crippen molar-refractivity contribution in [2.45, 2.75) is 12.5 Å². The van der Waals surface area contributed by atoms with E-state index in [2.05, 4.69) is 9.97 Å². The number of nitrogens with one attached hydrogen (secondary N) is 3. The molecule has 4 N–H and O–H groups in total. The predicted octanol–water partition coefficient (Wildman–Crippen LogP) is 2.50. The molecule has 1 aliphatic heterocycles. The second kappa shape index (κ2) is 14.7. The van der Waals surface area contributed by atoms with Crippen LogP contribution in [-0.4, -0.2) is 71.8 Å². The Morgan fingerprint density at radius 3 is 2.02 bits per heavy atom. The van der Waals surface area contributed by atoms with Crippen molar-refractivity contribution >= 4 is 24.4 Å². The van der Waals surface area contributed by atoms with Gasteiger partial charge < -0.3 is 38.6 Å². The summed E-state index contributed by atoms with van der Waals surface area (Å²) in [6.07, 6.45) is 0. The smallest absolute Gasteiger partial charge is 0.259 e. The average Bonchev–Trinajstić information content (AvgIpc) is 3.11. The lowest BCUT2D eigenvalue weighted by Gasteiger charge is -2.28. The van der Waals surface area contributed by atoms with Crippen molar-refractivity contribution in [3.63, 3.8) is 0 Å². The Bertz CT molecular complexity index is 2170. The lowest BCUT2D eigenvalue weighted by molar-refractivity contribution is -0.921. The van der Waals surface area contributed by atoms with E-state index in [1.165, 1.54) is 23.7 Å². The van der Waals surface area contributed by atoms with E-state index >= 15 is 0 Å². The molecule has 3 heterocycles. The van der Waals surface area contributed by atoms with Gasteiger partial charge in [0.15, 0.2) is 9.54 Å². The molecule has 260 valence electrons. The van der Waals surface area contributed by atoms with Crippen LogP contribution in [0.2, 0.25) is 0 Å². The second-order valence-corrected chi connectivity index (χ2v) is 12.4. The Hall–Kier alpha value is -5.22. The van der Waals surface area contributed by atoms with Crippen molar-refractivity contribution in [3.05, 3.63) is 119 Å². The van der Waals surface area contributed by atoms with E-state index in [-0.39, 0.29) is 20.7 Å². The van der Waals surface area contributed by atoms with Gasteiger partial charge in [0.25, 0.3) is 11.1 Å². The monoisotopic (exact) mass is 717 g/mol. The Kier molecular flexibility index (Phi) is 10.2. The molecule has 1 aliphatic rings. The summed E-state index contributed by atoms with van der Waals surface area (Å²) in [6, 6.07) is 18.5. The van der Waals surface area contributed by atoms with Gasteiger partial charge in [-0.3, -0.25) is 24.1 Å². The molecule has 15 heteroatoms. The minimum Gasteiger partial charge on any atom is -0.859 e. The highest BCUT2D eigenvalue weighted by molar-refractivity contribution is 7.71. The normalized spacial score (nSPS) is 13.9. The zero-order chi connectivity index (χ0) is 35.5. The predicted molar refractivity (Wildman–Crippen MR) is 188 cm³/mol. The first kappa shape index (κ1) is 34.6. The summed E-state index contributed by atoms with van der Waals surface area (Å²) in [5.41, 5.74) is -0.408. The maximum atomic E-state index is 14.6. The number of aromatic hydroxyl groups is 1. The number of hydrogen-bond donors (Lipinski definition) is 4. The molecule has 2 aromatic heterocycles. The second-order valence-electron chi connectivity index (χ2n) is 11.6. The van der Waals surface area contributed by atoms with Gasteiger partial charge in [-0.2, -0.15) is 0 Å². The highest BCUT2D eigenvalue weighted by Gasteiger charge is 2.31. The van der Waals surface area contributed by atoms with Gasteiger partial charge in [0.1, 0.15) is 36.9 Å². The van der Waals surface area contributed by atoms with Crippen molar-refractivity contribution in [3.8, 4) is 40.4 Å². The Morgan fingerprint density at radius 1 is 0.840 bits per heavy atom. The van der Waals surface area contributed by atoms with Crippen LogP contribution in [0.15, 0.2) is 76.3 Å². The highest BCUT2D eigenvalue weighted by atomic mass is 32.1. The van der Waals surface area contributed by atoms with E-state index in [0.717, 1.165) is 23.2 Å². The molecular formula is C35H35N5O8S2. The first-order valence-corrected chi connectivity index (χ1v) is 16.5. The fourth-order valence-corrected chi connectivity index (χ4v) is 6.82. The third-order valence-corrected chi connectivity index (χ3v) is 9.27. The quantitative estimate of drug-likeness (QED) is 0.158. The molecule has 5 aromatic rings. The molecule has 0 radical (unpaired) electrons. The summed E-state index contributed by atoms with van der Waals surface area (Å²) in [6.45, 7) is 3.29. The molecular weight excluding hydrogens is 683 g/mol. The van der Waals surface area contributed by atoms with Gasteiger partial charge in [0, 0.05) is 23.3 Å². The number of hydrogen-bond acceptors (Lipinski definition) is 10. The van der Waals surface area contributed by atoms with Crippen LogP contribution in [0.4, 0.5) is 0 Å². The van der Waals surface area contributed by atoms with Crippen LogP contribution >= 0.6 is 24.4 Å². The number of methoxy groups -OCH3 is 3. The third-order valence-electron chi connectivity index (χ3n) is 8.70. The molecule has 13 nitrogen and oxygen atoms in total. The topological polar surface area (TPSA) is 160 Å². The van der Waals surface area contributed by atoms with Crippen LogP contribution in [0.5, 0.6) is 29.0 Å². The Morgan fingerprint density at radius 2 is 1.42 bits per heavy atom. The number of nitrogens with zero attached hydrogens (tertiary/aromatic N) is 2. The summed E-state index contributed by atoms with van der Waals surface area (Å²) in [5.74, 6) is -1.25. The fraction of sp³-hybridized carbons (Fsp3) is 0.257. The van der Waals surface area contributed by atoms with Gasteiger partial charge in [0.2, 0.25) is 5.88 Å². The van der Waals surface area contributed by atoms with Gasteiger partial charge >= 0.3 is 0 Å². The summed E-state index contributed by atoms with van der Waals surface area (Å²) in [5, 5.41) is 26.6. The molecule has 0 amide bonds. The molecule has 1 saturated heterocycles. The van der Waals surface area contributed by atoms with Crippen LogP contribution in [0, 0.1) is 9.54 Å². The maximum Gasteiger partial charge on any atom is 0.259 e. The van der Waals surface area contributed by atoms with Gasteiger partial charge in [0.05, 0.1) is 57.4 Å². The first-order chi connectivity index (χ1) is 24.1. The van der Waals surface area contributed by atoms with Gasteiger partial charge in [-0.1, -0.05) is 18.2 Å². The molecule has 0 aliphatic carbocycles. The molecule has 0 bridgehead atoms. The zero-order valence-electron chi connectivity index (χ0n) is 27.5. The summed E-state index contributed by atoms with van der Waals surface area (Å²) >= 11 is 11.0. The minimum absolute atomic E-state index is 0.113. The van der Waals surface area contributed by atoms with Crippen LogP contribution in [0.25, 0.3) is 11.4 Å². The highest BCUT2D eigenvalue weighted by Crippen LogP contribution is 2.39. The van der Waals surface area contributed by atoms with E-state index in [4.69, 9.17) is 43.4 Å². The Labute approximate surface area is 296 Å². The third kappa shape index (κ3) is 6.67. The fourth-order valence-electron chi connectivity index (χ4n) is 6.26. The number of quaternary nitrogens is 1. The SMILES string of the molecule is COc1cccc(-n2c([O-])c(C(c3ccc(OC)c(C[NH+]4CCOCC4)c3)c3c(O)n(-c4cccc(OC)c4)c(=S)[nH]c3=O)c(=O)[nH]c2=S)c1. The van der Waals surface area contributed by atoms with Crippen molar-refractivity contribution in [1.29, 1.82) is 0 Å². The van der Waals surface area contributed by atoms with E-state index in [1.807, 2.05) is 0 Å². The van der Waals surface area contributed by atoms with Gasteiger partial charge in [-0.05, 0) is 72.3 Å². The van der Waals surface area contributed by atoms with E-state index in [0.29, 0.717) is 53.9 Å². The first-order valence-electron chi connectivity index (χ1n) is 15.7. The molecule has 1 unspecified atom stereocenters. The summed E-state index contributed by atoms with van der Waals surface area (Å²) in [7, 11) is 4.54. The lowest BCUT2D eigenvalue weighted by atomic mass is 9.85. The van der Waals surface area contributed by atoms with Crippen LogP contribution in [-0.2, 0) is 11.3 Å². The number of ether oxygens (including phenoxy) is 4. The minimum atomic E-state index is -1.40. The van der Waals surface area contributed by atoms with E-state index < -0.39 is 28.8 Å². The number of H-pyrrole nitrogens is 2. The molecule has 3 aromatic carbocycles. The standard InChI is InChI=1S/C35H35N5O8S2/c1-45-24-8-4-6-22(17-24)39-32(43)28(30(41)36-34(39)49)27(20-10-11-26(47-3)21(16-20)19-38-12-14-48-15-13-38)29-31(42)37-35(50)40(33(29)44)23-7-5-9-25(18-23)46-2/h4-11,16-18,27,43-44H,12-15,19H2,1-3H3,(H,36,41,49)(H,37,42,50). The maximum absolute atomic E-state index is 14.6. The molecule has 0 saturated carbocycles. The van der Waals surface area contributed by atoms with Crippen LogP contribution in [0.3, 0.4) is 0 Å². The zero-order valence-corrected chi connectivity index (χ0v) is 29.1. The number of morpholine rings is 1. The largest absolute Gasteiger partial charge is 0.859 e. The molecule has 50 heavy (non-hydrogen) atoms. The van der Waals surface area contributed by atoms with Crippen molar-refractivity contribution in [2.75, 3.05) is 47.6 Å². The number of benzene rings is 3. The van der Waals surface area contributed by atoms with Gasteiger partial charge in [-0.25, -0.2) is 0 Å². The van der Waals surface area contributed by atoms with Gasteiger partial charge in [-0.15, -0.1) is 0 Å². The molecule has 1 atom stereocenters. The number of aromatic nitrogens is 4. The molecule has 6 rings (SSSR count). The van der Waals surface area contributed by atoms with Crippen LogP contribution < -0.4 is 35.3 Å². The molecule has 1 fully saturated rings. The van der Waals surface area contributed by atoms with E-state index in [9.17, 15) is 19.8 Å². The number of rotatable bonds is 10. The van der Waals surface area contributed by atoms with Crippen molar-refractivity contribution < 1.29 is 34.1 Å². The summed E-state index contributed by atoms with van der Waals surface area (Å²) in [4.78, 5) is 34.5. The lowest BCUT2D eigenvalue weighted by Crippen LogP contribution is -3.12. The van der Waals surface area contributed by atoms with E-state index in [1.54, 1.807) is 73.8 Å². The molecule has 0 spiro atoms. The van der Waals surface area contributed by atoms with Crippen molar-refractivity contribution in [2.24, 2.45) is 0 Å². The summed E-state index contributed by atoms with van der Waals surface area (Å²) < 4.78 is 24.1.